The molecular weight excluding hydrogens is 574 g/mol. The topological polar surface area (TPSA) is 79.8 Å². The van der Waals surface area contributed by atoms with Gasteiger partial charge in [-0.2, -0.15) is 5.10 Å². The standard InChI is InChI=1S/C24H20Br2ClN3O3/c25-18-8-5-16(6-9-18)15-33-22-10-7-17(13-19(22)26)14-28-30-24(32)12-11-23(31)29-21-4-2-1-3-20(21)27/h1-10,13-14H,11-12,15H2,(H,29,31)(H,30,32). The molecule has 0 aliphatic heterocycles. The number of nitrogens with zero attached hydrogens (tertiary/aromatic N) is 1. The fourth-order valence-corrected chi connectivity index (χ4v) is 3.65. The zero-order valence-corrected chi connectivity index (χ0v) is 21.3. The minimum Gasteiger partial charge on any atom is -0.488 e. The molecule has 2 N–H and O–H groups in total. The van der Waals surface area contributed by atoms with E-state index in [2.05, 4.69) is 47.7 Å². The molecule has 3 aromatic rings. The molecule has 3 rings (SSSR count). The first-order valence-corrected chi connectivity index (χ1v) is 11.9. The number of carbonyl (C=O) groups is 2. The van der Waals surface area contributed by atoms with E-state index in [-0.39, 0.29) is 24.7 Å². The lowest BCUT2D eigenvalue weighted by atomic mass is 10.2. The number of halogens is 3. The third-order valence-electron chi connectivity index (χ3n) is 4.39. The minimum absolute atomic E-state index is 0.000154. The van der Waals surface area contributed by atoms with Gasteiger partial charge < -0.3 is 10.1 Å². The molecule has 0 saturated heterocycles. The van der Waals surface area contributed by atoms with Crippen molar-refractivity contribution in [2.45, 2.75) is 19.4 Å². The molecule has 3 aromatic carbocycles. The Kier molecular flexibility index (Phi) is 9.47. The van der Waals surface area contributed by atoms with Crippen LogP contribution in [0.5, 0.6) is 5.75 Å². The van der Waals surface area contributed by atoms with Crippen LogP contribution in [-0.4, -0.2) is 18.0 Å². The van der Waals surface area contributed by atoms with E-state index in [9.17, 15) is 9.59 Å². The number of hydrogen-bond donors (Lipinski definition) is 2. The van der Waals surface area contributed by atoms with Gasteiger partial charge in [-0.15, -0.1) is 0 Å². The quantitative estimate of drug-likeness (QED) is 0.225. The molecule has 0 unspecified atom stereocenters. The van der Waals surface area contributed by atoms with Gasteiger partial charge in [0.25, 0.3) is 0 Å². The van der Waals surface area contributed by atoms with Crippen molar-refractivity contribution in [1.82, 2.24) is 5.43 Å². The Morgan fingerprint density at radius 1 is 0.970 bits per heavy atom. The Labute approximate surface area is 213 Å². The molecule has 0 bridgehead atoms. The Morgan fingerprint density at radius 3 is 2.42 bits per heavy atom. The lowest BCUT2D eigenvalue weighted by Crippen LogP contribution is -2.20. The minimum atomic E-state index is -0.367. The molecule has 0 fully saturated rings. The van der Waals surface area contributed by atoms with Crippen LogP contribution in [0.25, 0.3) is 0 Å². The van der Waals surface area contributed by atoms with Crippen LogP contribution in [-0.2, 0) is 16.2 Å². The normalized spacial score (nSPS) is 10.8. The summed E-state index contributed by atoms with van der Waals surface area (Å²) in [5, 5.41) is 7.06. The second-order valence-electron chi connectivity index (χ2n) is 6.93. The summed E-state index contributed by atoms with van der Waals surface area (Å²) in [6.45, 7) is 0.444. The molecule has 0 spiro atoms. The van der Waals surface area contributed by atoms with Crippen LogP contribution in [0.2, 0.25) is 5.02 Å². The van der Waals surface area contributed by atoms with E-state index in [0.29, 0.717) is 23.1 Å². The maximum atomic E-state index is 12.0. The second-order valence-corrected chi connectivity index (χ2v) is 9.10. The molecule has 2 amide bonds. The molecule has 0 radical (unpaired) electrons. The maximum absolute atomic E-state index is 12.0. The Hall–Kier alpha value is -2.68. The highest BCUT2D eigenvalue weighted by atomic mass is 79.9. The molecule has 170 valence electrons. The number of para-hydroxylation sites is 1. The van der Waals surface area contributed by atoms with Gasteiger partial charge in [0, 0.05) is 17.3 Å². The summed E-state index contributed by atoms with van der Waals surface area (Å²) in [4.78, 5) is 23.9. The molecule has 0 atom stereocenters. The van der Waals surface area contributed by atoms with E-state index in [1.807, 2.05) is 42.5 Å². The number of amides is 2. The van der Waals surface area contributed by atoms with Gasteiger partial charge in [0.1, 0.15) is 12.4 Å². The lowest BCUT2D eigenvalue weighted by Gasteiger charge is -2.09. The first-order valence-electron chi connectivity index (χ1n) is 9.94. The number of carbonyl (C=O) groups excluding carboxylic acids is 2. The van der Waals surface area contributed by atoms with Crippen molar-refractivity contribution in [2.24, 2.45) is 5.10 Å². The summed E-state index contributed by atoms with van der Waals surface area (Å²) in [6, 6.07) is 20.3. The maximum Gasteiger partial charge on any atom is 0.240 e. The smallest absolute Gasteiger partial charge is 0.240 e. The van der Waals surface area contributed by atoms with E-state index in [1.54, 1.807) is 24.3 Å². The van der Waals surface area contributed by atoms with Crippen molar-refractivity contribution < 1.29 is 14.3 Å². The predicted octanol–water partition coefficient (Wildman–Crippen LogP) is 6.31. The van der Waals surface area contributed by atoms with Crippen molar-refractivity contribution in [2.75, 3.05) is 5.32 Å². The molecular formula is C24H20Br2ClN3O3. The summed E-state index contributed by atoms with van der Waals surface area (Å²) in [7, 11) is 0. The van der Waals surface area contributed by atoms with Gasteiger partial charge in [0.05, 0.1) is 21.4 Å². The molecule has 33 heavy (non-hydrogen) atoms. The molecule has 0 heterocycles. The summed E-state index contributed by atoms with van der Waals surface area (Å²) in [6.07, 6.45) is 1.54. The summed E-state index contributed by atoms with van der Waals surface area (Å²) in [5.74, 6) is 0.0302. The Bertz CT molecular complexity index is 1150. The highest BCUT2D eigenvalue weighted by molar-refractivity contribution is 9.10. The predicted molar refractivity (Wildman–Crippen MR) is 138 cm³/mol. The van der Waals surface area contributed by atoms with Crippen LogP contribution < -0.4 is 15.5 Å². The highest BCUT2D eigenvalue weighted by Crippen LogP contribution is 2.26. The van der Waals surface area contributed by atoms with Gasteiger partial charge in [-0.1, -0.05) is 51.8 Å². The number of nitrogens with one attached hydrogen (secondary N) is 2. The number of anilines is 1. The monoisotopic (exact) mass is 591 g/mol. The SMILES string of the molecule is O=C(CCC(=O)Nc1ccccc1Cl)NN=Cc1ccc(OCc2ccc(Br)cc2)c(Br)c1. The molecule has 0 aromatic heterocycles. The van der Waals surface area contributed by atoms with Crippen LogP contribution in [0, 0.1) is 0 Å². The van der Waals surface area contributed by atoms with Crippen molar-refractivity contribution >= 4 is 67.2 Å². The van der Waals surface area contributed by atoms with E-state index < -0.39 is 0 Å². The fraction of sp³-hybridized carbons (Fsp3) is 0.125. The van der Waals surface area contributed by atoms with Crippen molar-refractivity contribution in [3.05, 3.63) is 91.8 Å². The van der Waals surface area contributed by atoms with E-state index in [4.69, 9.17) is 16.3 Å². The average Bonchev–Trinajstić information content (AvgIpc) is 2.80. The zero-order chi connectivity index (χ0) is 23.6. The first-order chi connectivity index (χ1) is 15.9. The van der Waals surface area contributed by atoms with Crippen molar-refractivity contribution in [1.29, 1.82) is 0 Å². The van der Waals surface area contributed by atoms with Gasteiger partial charge in [-0.25, -0.2) is 5.43 Å². The number of ether oxygens (including phenoxy) is 1. The fourth-order valence-electron chi connectivity index (χ4n) is 2.69. The highest BCUT2D eigenvalue weighted by Gasteiger charge is 2.08. The van der Waals surface area contributed by atoms with Gasteiger partial charge in [0.15, 0.2) is 0 Å². The number of rotatable bonds is 9. The molecule has 0 aliphatic rings. The second kappa shape index (κ2) is 12.5. The van der Waals surface area contributed by atoms with Gasteiger partial charge in [-0.05, 0) is 69.5 Å². The van der Waals surface area contributed by atoms with Crippen LogP contribution >= 0.6 is 43.5 Å². The van der Waals surface area contributed by atoms with Gasteiger partial charge in [-0.3, -0.25) is 9.59 Å². The molecule has 9 heteroatoms. The van der Waals surface area contributed by atoms with E-state index >= 15 is 0 Å². The van der Waals surface area contributed by atoms with Crippen LogP contribution in [0.1, 0.15) is 24.0 Å². The summed E-state index contributed by atoms with van der Waals surface area (Å²) in [5.41, 5.74) is 4.76. The van der Waals surface area contributed by atoms with Gasteiger partial charge in [0.2, 0.25) is 11.8 Å². The van der Waals surface area contributed by atoms with Crippen molar-refractivity contribution in [3.8, 4) is 5.75 Å². The van der Waals surface area contributed by atoms with E-state index in [0.717, 1.165) is 20.1 Å². The largest absolute Gasteiger partial charge is 0.488 e. The number of benzene rings is 3. The van der Waals surface area contributed by atoms with Crippen LogP contribution in [0.4, 0.5) is 5.69 Å². The first kappa shape index (κ1) is 25.0. The molecule has 0 aliphatic carbocycles. The zero-order valence-electron chi connectivity index (χ0n) is 17.4. The summed E-state index contributed by atoms with van der Waals surface area (Å²) >= 11 is 12.9. The van der Waals surface area contributed by atoms with Crippen LogP contribution in [0.3, 0.4) is 0 Å². The van der Waals surface area contributed by atoms with Crippen molar-refractivity contribution in [3.63, 3.8) is 0 Å². The lowest BCUT2D eigenvalue weighted by molar-refractivity contribution is -0.124. The third kappa shape index (κ3) is 8.31. The van der Waals surface area contributed by atoms with Gasteiger partial charge >= 0.3 is 0 Å². The van der Waals surface area contributed by atoms with E-state index in [1.165, 1.54) is 6.21 Å². The van der Waals surface area contributed by atoms with Crippen LogP contribution in [0.15, 0.2) is 80.8 Å². The molecule has 0 saturated carbocycles. The third-order valence-corrected chi connectivity index (χ3v) is 5.87. The Morgan fingerprint density at radius 2 is 1.70 bits per heavy atom. The Balaban J connectivity index is 1.43. The number of hydrazone groups is 1. The summed E-state index contributed by atoms with van der Waals surface area (Å²) < 4.78 is 7.63. The average molecular weight is 594 g/mol. The molecule has 6 nitrogen and oxygen atoms in total. The number of hydrogen-bond acceptors (Lipinski definition) is 4.